The van der Waals surface area contributed by atoms with Crippen LogP contribution >= 0.6 is 0 Å². The van der Waals surface area contributed by atoms with Crippen LogP contribution in [0.4, 0.5) is 0 Å². The number of rotatable bonds is 8. The highest BCUT2D eigenvalue weighted by molar-refractivity contribution is 5.79. The second-order valence-electron chi connectivity index (χ2n) is 4.57. The average Bonchev–Trinajstić information content (AvgIpc) is 2.31. The fourth-order valence-electron chi connectivity index (χ4n) is 1.49. The van der Waals surface area contributed by atoms with Crippen LogP contribution in [0.1, 0.15) is 34.6 Å². The number of aliphatic imine (C=N–C) groups is 1. The number of hydrogen-bond acceptors (Lipinski definition) is 2. The van der Waals surface area contributed by atoms with E-state index in [-0.39, 0.29) is 0 Å². The van der Waals surface area contributed by atoms with Gasteiger partial charge in [0, 0.05) is 26.2 Å². The predicted octanol–water partition coefficient (Wildman–Crippen LogP) is 1.54. The summed E-state index contributed by atoms with van der Waals surface area (Å²) in [5.74, 6) is 1.54. The summed E-state index contributed by atoms with van der Waals surface area (Å²) in [6, 6.07) is 0. The lowest BCUT2D eigenvalue weighted by Crippen LogP contribution is -2.41. The van der Waals surface area contributed by atoms with E-state index in [0.717, 1.165) is 45.2 Å². The van der Waals surface area contributed by atoms with Crippen LogP contribution in [0, 0.1) is 5.92 Å². The van der Waals surface area contributed by atoms with Crippen molar-refractivity contribution in [1.29, 1.82) is 0 Å². The highest BCUT2D eigenvalue weighted by atomic mass is 15.2. The van der Waals surface area contributed by atoms with E-state index in [2.05, 4.69) is 55.1 Å². The summed E-state index contributed by atoms with van der Waals surface area (Å²) in [6.45, 7) is 16.9. The van der Waals surface area contributed by atoms with Crippen LogP contribution in [0.25, 0.3) is 0 Å². The van der Waals surface area contributed by atoms with Crippen molar-refractivity contribution in [2.45, 2.75) is 34.6 Å². The molecule has 4 heteroatoms. The molecule has 0 aliphatic heterocycles. The van der Waals surface area contributed by atoms with Crippen molar-refractivity contribution in [2.75, 3.05) is 39.3 Å². The van der Waals surface area contributed by atoms with Gasteiger partial charge in [0.1, 0.15) is 0 Å². The van der Waals surface area contributed by atoms with Gasteiger partial charge in [0.05, 0.1) is 0 Å². The van der Waals surface area contributed by atoms with E-state index in [0.29, 0.717) is 5.92 Å². The lowest BCUT2D eigenvalue weighted by molar-refractivity contribution is 0.308. The van der Waals surface area contributed by atoms with Gasteiger partial charge in [-0.3, -0.25) is 4.99 Å². The molecule has 4 nitrogen and oxygen atoms in total. The Morgan fingerprint density at radius 3 is 2.24 bits per heavy atom. The first-order valence-electron chi connectivity index (χ1n) is 6.88. The number of nitrogens with zero attached hydrogens (tertiary/aromatic N) is 2. The quantitative estimate of drug-likeness (QED) is 0.501. The van der Waals surface area contributed by atoms with Crippen molar-refractivity contribution in [2.24, 2.45) is 10.9 Å². The van der Waals surface area contributed by atoms with Gasteiger partial charge in [-0.1, -0.05) is 27.7 Å². The van der Waals surface area contributed by atoms with Crippen molar-refractivity contribution in [3.05, 3.63) is 0 Å². The molecule has 0 heterocycles. The molecule has 17 heavy (non-hydrogen) atoms. The number of guanidine groups is 1. The fraction of sp³-hybridized carbons (Fsp3) is 0.923. The van der Waals surface area contributed by atoms with E-state index in [4.69, 9.17) is 0 Å². The minimum Gasteiger partial charge on any atom is -0.357 e. The van der Waals surface area contributed by atoms with E-state index in [1.165, 1.54) is 0 Å². The highest BCUT2D eigenvalue weighted by Gasteiger charge is 2.00. The molecule has 102 valence electrons. The Morgan fingerprint density at radius 1 is 1.12 bits per heavy atom. The zero-order chi connectivity index (χ0) is 13.1. The third-order valence-electron chi connectivity index (χ3n) is 2.57. The summed E-state index contributed by atoms with van der Waals surface area (Å²) in [5, 5.41) is 6.64. The van der Waals surface area contributed by atoms with Gasteiger partial charge in [-0.25, -0.2) is 0 Å². The summed E-state index contributed by atoms with van der Waals surface area (Å²) >= 11 is 0. The normalized spacial score (nSPS) is 12.3. The van der Waals surface area contributed by atoms with Gasteiger partial charge in [0.15, 0.2) is 5.96 Å². The monoisotopic (exact) mass is 242 g/mol. The Morgan fingerprint density at radius 2 is 1.76 bits per heavy atom. The molecule has 0 atom stereocenters. The Kier molecular flexibility index (Phi) is 9.92. The molecule has 0 amide bonds. The number of nitrogens with one attached hydrogen (secondary N) is 2. The molecule has 0 unspecified atom stereocenters. The second-order valence-corrected chi connectivity index (χ2v) is 4.57. The van der Waals surface area contributed by atoms with Crippen molar-refractivity contribution in [1.82, 2.24) is 15.5 Å². The molecule has 0 aliphatic rings. The van der Waals surface area contributed by atoms with Crippen molar-refractivity contribution in [3.8, 4) is 0 Å². The SMILES string of the molecule is CCNC(=NCC(C)C)NCCN(CC)CC. The topological polar surface area (TPSA) is 39.7 Å². The Balaban J connectivity index is 3.95. The zero-order valence-electron chi connectivity index (χ0n) is 12.2. The Hall–Kier alpha value is -0.770. The molecule has 0 aromatic carbocycles. The third kappa shape index (κ3) is 8.98. The molecule has 0 spiro atoms. The summed E-state index contributed by atoms with van der Waals surface area (Å²) in [4.78, 5) is 6.94. The van der Waals surface area contributed by atoms with Crippen molar-refractivity contribution in [3.63, 3.8) is 0 Å². The minimum atomic E-state index is 0.605. The van der Waals surface area contributed by atoms with Gasteiger partial charge >= 0.3 is 0 Å². The van der Waals surface area contributed by atoms with Crippen LogP contribution < -0.4 is 10.6 Å². The maximum atomic E-state index is 4.54. The lowest BCUT2D eigenvalue weighted by Gasteiger charge is -2.19. The zero-order valence-corrected chi connectivity index (χ0v) is 12.2. The maximum Gasteiger partial charge on any atom is 0.191 e. The molecule has 2 N–H and O–H groups in total. The van der Waals surface area contributed by atoms with Crippen LogP contribution in [0.2, 0.25) is 0 Å². The molecule has 0 fully saturated rings. The summed E-state index contributed by atoms with van der Waals surface area (Å²) in [5.41, 5.74) is 0. The van der Waals surface area contributed by atoms with Crippen molar-refractivity contribution >= 4 is 5.96 Å². The molecule has 0 bridgehead atoms. The molecule has 0 saturated carbocycles. The highest BCUT2D eigenvalue weighted by Crippen LogP contribution is 1.91. The standard InChI is InChI=1S/C13H30N4/c1-6-14-13(16-11-12(4)5)15-9-10-17(7-2)8-3/h12H,6-11H2,1-5H3,(H2,14,15,16). The van der Waals surface area contributed by atoms with E-state index in [1.54, 1.807) is 0 Å². The molecule has 0 rings (SSSR count). The van der Waals surface area contributed by atoms with Crippen LogP contribution in [0.5, 0.6) is 0 Å². The van der Waals surface area contributed by atoms with Crippen LogP contribution in [0.15, 0.2) is 4.99 Å². The Bertz CT molecular complexity index is 198. The van der Waals surface area contributed by atoms with Gasteiger partial charge in [0.2, 0.25) is 0 Å². The molecule has 0 radical (unpaired) electrons. The fourth-order valence-corrected chi connectivity index (χ4v) is 1.49. The van der Waals surface area contributed by atoms with Crippen LogP contribution in [-0.2, 0) is 0 Å². The van der Waals surface area contributed by atoms with Gasteiger partial charge in [0.25, 0.3) is 0 Å². The summed E-state index contributed by atoms with van der Waals surface area (Å²) < 4.78 is 0. The van der Waals surface area contributed by atoms with E-state index in [9.17, 15) is 0 Å². The number of hydrogen-bond donors (Lipinski definition) is 2. The Labute approximate surface area is 107 Å². The molecular weight excluding hydrogens is 212 g/mol. The smallest absolute Gasteiger partial charge is 0.191 e. The summed E-state index contributed by atoms with van der Waals surface area (Å²) in [6.07, 6.45) is 0. The third-order valence-corrected chi connectivity index (χ3v) is 2.57. The lowest BCUT2D eigenvalue weighted by atomic mass is 10.2. The molecular formula is C13H30N4. The maximum absolute atomic E-state index is 4.54. The van der Waals surface area contributed by atoms with Gasteiger partial charge in [-0.15, -0.1) is 0 Å². The average molecular weight is 242 g/mol. The first kappa shape index (κ1) is 16.2. The van der Waals surface area contributed by atoms with Gasteiger partial charge < -0.3 is 15.5 Å². The predicted molar refractivity (Wildman–Crippen MR) is 76.6 cm³/mol. The largest absolute Gasteiger partial charge is 0.357 e. The summed E-state index contributed by atoms with van der Waals surface area (Å²) in [7, 11) is 0. The molecule has 0 aliphatic carbocycles. The van der Waals surface area contributed by atoms with E-state index >= 15 is 0 Å². The number of likely N-dealkylation sites (N-methyl/N-ethyl adjacent to an activating group) is 1. The van der Waals surface area contributed by atoms with Crippen molar-refractivity contribution < 1.29 is 0 Å². The molecule has 0 saturated heterocycles. The van der Waals surface area contributed by atoms with Crippen LogP contribution in [-0.4, -0.2) is 50.1 Å². The second kappa shape index (κ2) is 10.4. The molecule has 0 aromatic heterocycles. The van der Waals surface area contributed by atoms with Gasteiger partial charge in [-0.2, -0.15) is 0 Å². The van der Waals surface area contributed by atoms with Crippen LogP contribution in [0.3, 0.4) is 0 Å². The minimum absolute atomic E-state index is 0.605. The van der Waals surface area contributed by atoms with Gasteiger partial charge in [-0.05, 0) is 25.9 Å². The van der Waals surface area contributed by atoms with E-state index < -0.39 is 0 Å². The molecule has 0 aromatic rings. The van der Waals surface area contributed by atoms with E-state index in [1.807, 2.05) is 0 Å². The first-order valence-corrected chi connectivity index (χ1v) is 6.88. The first-order chi connectivity index (χ1) is 8.13.